The van der Waals surface area contributed by atoms with Gasteiger partial charge in [0.1, 0.15) is 0 Å². The van der Waals surface area contributed by atoms with Gasteiger partial charge in [-0.15, -0.1) is 0 Å². The zero-order valence-electron chi connectivity index (χ0n) is 15.2. The molecule has 0 saturated heterocycles. The zero-order valence-corrected chi connectivity index (χ0v) is 15.2. The zero-order chi connectivity index (χ0) is 19.5. The Kier molecular flexibility index (Phi) is 8.58. The van der Waals surface area contributed by atoms with Crippen molar-refractivity contribution in [2.24, 2.45) is 0 Å². The molecule has 1 amide bonds. The van der Waals surface area contributed by atoms with E-state index in [9.17, 15) is 14.4 Å². The number of benzene rings is 1. The Hall–Kier alpha value is -3.14. The van der Waals surface area contributed by atoms with Crippen LogP contribution in [0.15, 0.2) is 30.4 Å². The van der Waals surface area contributed by atoms with E-state index in [1.54, 1.807) is 6.92 Å². The molecule has 0 aliphatic carbocycles. The Bertz CT molecular complexity index is 714. The quantitative estimate of drug-likeness (QED) is 0.522. The second-order valence-electron chi connectivity index (χ2n) is 5.49. The van der Waals surface area contributed by atoms with Crippen LogP contribution >= 0.6 is 0 Å². The number of aryl methyl sites for hydroxylation is 2. The minimum absolute atomic E-state index is 0.148. The lowest BCUT2D eigenvalue weighted by molar-refractivity contribution is -0.143. The molecule has 1 aromatic carbocycles. The molecule has 0 heterocycles. The minimum Gasteiger partial charge on any atom is -0.463 e. The Morgan fingerprint density at radius 3 is 2.19 bits per heavy atom. The standard InChI is InChI=1S/C19H22N2O5/c1-4-25-18(23)6-7-19(24)26-13-17(22)21(9-5-8-20)16-11-14(2)10-15(3)12-16/h6-7,10-12H,4-5,9,13H2,1-3H3/b7-6+. The molecule has 0 radical (unpaired) electrons. The number of carbonyl (C=O) groups is 3. The molecule has 0 aliphatic heterocycles. The topological polar surface area (TPSA) is 96.7 Å². The van der Waals surface area contributed by atoms with E-state index in [-0.39, 0.29) is 19.6 Å². The highest BCUT2D eigenvalue weighted by Crippen LogP contribution is 2.19. The van der Waals surface area contributed by atoms with Gasteiger partial charge in [0.15, 0.2) is 6.61 Å². The second kappa shape index (κ2) is 10.7. The number of amides is 1. The van der Waals surface area contributed by atoms with Crippen molar-refractivity contribution < 1.29 is 23.9 Å². The van der Waals surface area contributed by atoms with Crippen molar-refractivity contribution in [3.05, 3.63) is 41.5 Å². The molecule has 1 rings (SSSR count). The molecule has 0 fully saturated rings. The Labute approximate surface area is 152 Å². The first-order chi connectivity index (χ1) is 12.4. The number of ether oxygens (including phenoxy) is 2. The van der Waals surface area contributed by atoms with Gasteiger partial charge in [-0.1, -0.05) is 6.07 Å². The van der Waals surface area contributed by atoms with Crippen LogP contribution in [0.4, 0.5) is 5.69 Å². The number of hydrogen-bond acceptors (Lipinski definition) is 6. The third-order valence-corrected chi connectivity index (χ3v) is 3.25. The maximum Gasteiger partial charge on any atom is 0.331 e. The van der Waals surface area contributed by atoms with Crippen LogP contribution in [-0.2, 0) is 23.9 Å². The Morgan fingerprint density at radius 2 is 1.65 bits per heavy atom. The number of rotatable bonds is 8. The van der Waals surface area contributed by atoms with Gasteiger partial charge in [0.25, 0.3) is 5.91 Å². The number of nitriles is 1. The van der Waals surface area contributed by atoms with Crippen molar-refractivity contribution >= 4 is 23.5 Å². The van der Waals surface area contributed by atoms with Crippen LogP contribution in [0.25, 0.3) is 0 Å². The highest BCUT2D eigenvalue weighted by Gasteiger charge is 2.17. The van der Waals surface area contributed by atoms with Crippen LogP contribution in [0.2, 0.25) is 0 Å². The van der Waals surface area contributed by atoms with Gasteiger partial charge >= 0.3 is 11.9 Å². The van der Waals surface area contributed by atoms with E-state index in [0.717, 1.165) is 23.3 Å². The van der Waals surface area contributed by atoms with Gasteiger partial charge in [0, 0.05) is 24.4 Å². The van der Waals surface area contributed by atoms with Crippen molar-refractivity contribution in [3.63, 3.8) is 0 Å². The van der Waals surface area contributed by atoms with E-state index in [2.05, 4.69) is 4.74 Å². The number of esters is 2. The number of nitrogens with zero attached hydrogens (tertiary/aromatic N) is 2. The van der Waals surface area contributed by atoms with Crippen molar-refractivity contribution in [2.75, 3.05) is 24.7 Å². The second-order valence-corrected chi connectivity index (χ2v) is 5.49. The molecule has 0 spiro atoms. The average molecular weight is 358 g/mol. The van der Waals surface area contributed by atoms with Crippen molar-refractivity contribution in [1.82, 2.24) is 0 Å². The molecule has 0 atom stereocenters. The maximum atomic E-state index is 12.4. The molecule has 7 nitrogen and oxygen atoms in total. The van der Waals surface area contributed by atoms with E-state index in [1.165, 1.54) is 4.90 Å². The SMILES string of the molecule is CCOC(=O)/C=C/C(=O)OCC(=O)N(CCC#N)c1cc(C)cc(C)c1. The highest BCUT2D eigenvalue weighted by atomic mass is 16.5. The van der Waals surface area contributed by atoms with Crippen LogP contribution in [0.1, 0.15) is 24.5 Å². The first-order valence-electron chi connectivity index (χ1n) is 8.14. The molecule has 0 aliphatic rings. The maximum absolute atomic E-state index is 12.4. The van der Waals surface area contributed by atoms with Gasteiger partial charge in [-0.05, 0) is 44.0 Å². The van der Waals surface area contributed by atoms with Crippen molar-refractivity contribution in [3.8, 4) is 6.07 Å². The van der Waals surface area contributed by atoms with Crippen LogP contribution in [0.5, 0.6) is 0 Å². The third kappa shape index (κ3) is 7.18. The van der Waals surface area contributed by atoms with E-state index < -0.39 is 24.5 Å². The molecule has 138 valence electrons. The summed E-state index contributed by atoms with van der Waals surface area (Å²) in [6, 6.07) is 7.61. The fraction of sp³-hybridized carbons (Fsp3) is 0.368. The molecule has 7 heteroatoms. The Morgan fingerprint density at radius 1 is 1.08 bits per heavy atom. The van der Waals surface area contributed by atoms with E-state index in [0.29, 0.717) is 5.69 Å². The first-order valence-corrected chi connectivity index (χ1v) is 8.14. The predicted molar refractivity (Wildman–Crippen MR) is 95.2 cm³/mol. The summed E-state index contributed by atoms with van der Waals surface area (Å²) in [5.41, 5.74) is 2.59. The van der Waals surface area contributed by atoms with Gasteiger partial charge in [-0.3, -0.25) is 4.79 Å². The fourth-order valence-electron chi connectivity index (χ4n) is 2.25. The number of anilines is 1. The van der Waals surface area contributed by atoms with Gasteiger partial charge in [-0.2, -0.15) is 5.26 Å². The Balaban J connectivity index is 2.76. The van der Waals surface area contributed by atoms with E-state index in [4.69, 9.17) is 10.00 Å². The summed E-state index contributed by atoms with van der Waals surface area (Å²) < 4.78 is 9.51. The normalized spacial score (nSPS) is 10.2. The monoisotopic (exact) mass is 358 g/mol. The smallest absolute Gasteiger partial charge is 0.331 e. The summed E-state index contributed by atoms with van der Waals surface area (Å²) >= 11 is 0. The minimum atomic E-state index is -0.827. The summed E-state index contributed by atoms with van der Waals surface area (Å²) in [6.07, 6.45) is 1.99. The molecule has 0 saturated carbocycles. The fourth-order valence-corrected chi connectivity index (χ4v) is 2.25. The average Bonchev–Trinajstić information content (AvgIpc) is 2.58. The van der Waals surface area contributed by atoms with Gasteiger partial charge in [0.05, 0.1) is 19.1 Å². The molecular weight excluding hydrogens is 336 g/mol. The lowest BCUT2D eigenvalue weighted by Crippen LogP contribution is -2.35. The molecular formula is C19H22N2O5. The molecule has 0 unspecified atom stereocenters. The van der Waals surface area contributed by atoms with Crippen molar-refractivity contribution in [2.45, 2.75) is 27.2 Å². The van der Waals surface area contributed by atoms with E-state index in [1.807, 2.05) is 38.1 Å². The largest absolute Gasteiger partial charge is 0.463 e. The van der Waals surface area contributed by atoms with Crippen LogP contribution in [-0.4, -0.2) is 37.6 Å². The molecule has 1 aromatic rings. The highest BCUT2D eigenvalue weighted by molar-refractivity contribution is 5.97. The summed E-state index contributed by atoms with van der Waals surface area (Å²) in [4.78, 5) is 36.6. The summed E-state index contributed by atoms with van der Waals surface area (Å²) in [5.74, 6) is -1.95. The summed E-state index contributed by atoms with van der Waals surface area (Å²) in [5, 5.41) is 8.81. The predicted octanol–water partition coefficient (Wildman–Crippen LogP) is 2.21. The molecule has 0 N–H and O–H groups in total. The van der Waals surface area contributed by atoms with E-state index >= 15 is 0 Å². The third-order valence-electron chi connectivity index (χ3n) is 3.25. The van der Waals surface area contributed by atoms with Crippen LogP contribution in [0, 0.1) is 25.2 Å². The lowest BCUT2D eigenvalue weighted by Gasteiger charge is -2.22. The lowest BCUT2D eigenvalue weighted by atomic mass is 10.1. The number of carbonyl (C=O) groups excluding carboxylic acids is 3. The van der Waals surface area contributed by atoms with Crippen LogP contribution in [0.3, 0.4) is 0 Å². The van der Waals surface area contributed by atoms with Crippen molar-refractivity contribution in [1.29, 1.82) is 5.26 Å². The molecule has 0 aromatic heterocycles. The molecule has 0 bridgehead atoms. The van der Waals surface area contributed by atoms with Gasteiger partial charge in [0.2, 0.25) is 0 Å². The summed E-state index contributed by atoms with van der Waals surface area (Å²) in [6.45, 7) is 5.35. The molecule has 26 heavy (non-hydrogen) atoms. The van der Waals surface area contributed by atoms with Gasteiger partial charge < -0.3 is 14.4 Å². The number of hydrogen-bond donors (Lipinski definition) is 0. The summed E-state index contributed by atoms with van der Waals surface area (Å²) in [7, 11) is 0. The van der Waals surface area contributed by atoms with Gasteiger partial charge in [-0.25, -0.2) is 9.59 Å². The first kappa shape index (κ1) is 20.9. The van der Waals surface area contributed by atoms with Crippen LogP contribution < -0.4 is 4.90 Å².